The molecule has 4 aliphatic carbocycles. The zero-order chi connectivity index (χ0) is 38.1. The molecular formula is C55H48N2. The van der Waals surface area contributed by atoms with E-state index in [1.165, 1.54) is 98.9 Å². The van der Waals surface area contributed by atoms with Crippen LogP contribution in [0.5, 0.6) is 0 Å². The van der Waals surface area contributed by atoms with Crippen molar-refractivity contribution in [3.05, 3.63) is 197 Å². The van der Waals surface area contributed by atoms with Crippen molar-refractivity contribution in [3.63, 3.8) is 0 Å². The van der Waals surface area contributed by atoms with Crippen LogP contribution < -0.4 is 5.32 Å². The van der Waals surface area contributed by atoms with Crippen LogP contribution in [-0.2, 0) is 10.8 Å². The number of fused-ring (bicyclic) bond motifs is 8. The highest BCUT2D eigenvalue weighted by Crippen LogP contribution is 2.61. The Kier molecular flexibility index (Phi) is 8.00. The SMILES string of the molecule is CC1(C)c2ccccc2-c2cc3c(cc21)-c1c(-c2ccc(-c4cccc(C5=NC(C6=CCCC=C6)NC(c6ccccc6)=C5)c4)cc2)cccc1C31CCCCC1. The third kappa shape index (κ3) is 5.48. The summed E-state index contributed by atoms with van der Waals surface area (Å²) < 4.78 is 0. The average molecular weight is 737 g/mol. The number of nitrogens with zero attached hydrogens (tertiary/aromatic N) is 1. The molecule has 1 heterocycles. The highest BCUT2D eigenvalue weighted by Gasteiger charge is 2.47. The summed E-state index contributed by atoms with van der Waals surface area (Å²) in [7, 11) is 0. The molecule has 6 aromatic rings. The first-order valence-corrected chi connectivity index (χ1v) is 21.1. The van der Waals surface area contributed by atoms with Crippen molar-refractivity contribution in [1.29, 1.82) is 0 Å². The van der Waals surface area contributed by atoms with Crippen molar-refractivity contribution in [2.75, 3.05) is 0 Å². The van der Waals surface area contributed by atoms with Gasteiger partial charge in [0.15, 0.2) is 0 Å². The fourth-order valence-corrected chi connectivity index (χ4v) is 10.8. The van der Waals surface area contributed by atoms with Gasteiger partial charge in [-0.25, -0.2) is 0 Å². The molecule has 1 atom stereocenters. The molecule has 0 radical (unpaired) electrons. The van der Waals surface area contributed by atoms with E-state index >= 15 is 0 Å². The summed E-state index contributed by atoms with van der Waals surface area (Å²) in [5, 5.41) is 3.72. The van der Waals surface area contributed by atoms with Gasteiger partial charge in [0.2, 0.25) is 0 Å². The molecule has 1 N–H and O–H groups in total. The van der Waals surface area contributed by atoms with Crippen molar-refractivity contribution in [1.82, 2.24) is 5.32 Å². The molecule has 11 rings (SSSR count). The van der Waals surface area contributed by atoms with Gasteiger partial charge in [-0.1, -0.05) is 167 Å². The standard InChI is InChI=1S/C55H48N2/c1-54(2)46-24-11-10-22-43(46)44-33-49-45(34-48(44)54)52-42(23-15-25-47(52)55(49)30-12-5-13-31-55)37-28-26-36(27-29-37)40-20-14-21-41(32-40)51-35-50(38-16-6-3-7-17-38)56-53(57-51)39-18-8-4-9-19-39/h3,6-8,10-11,14-29,32-35,53,56H,4-5,9,12-13,30-31H2,1-2H3. The predicted molar refractivity (Wildman–Crippen MR) is 239 cm³/mol. The fourth-order valence-electron chi connectivity index (χ4n) is 10.8. The van der Waals surface area contributed by atoms with E-state index in [0.717, 1.165) is 29.8 Å². The van der Waals surface area contributed by atoms with Crippen LogP contribution in [0.2, 0.25) is 0 Å². The van der Waals surface area contributed by atoms with E-state index in [1.54, 1.807) is 11.1 Å². The second kappa shape index (κ2) is 13.3. The van der Waals surface area contributed by atoms with Gasteiger partial charge in [0.25, 0.3) is 0 Å². The molecule has 278 valence electrons. The normalized spacial score (nSPS) is 19.4. The third-order valence-corrected chi connectivity index (χ3v) is 13.7. The van der Waals surface area contributed by atoms with E-state index in [1.807, 2.05) is 0 Å². The van der Waals surface area contributed by atoms with Gasteiger partial charge in [-0.05, 0) is 128 Å². The summed E-state index contributed by atoms with van der Waals surface area (Å²) in [5.74, 6) is 0. The number of nitrogens with one attached hydrogen (secondary N) is 1. The highest BCUT2D eigenvalue weighted by molar-refractivity contribution is 6.13. The van der Waals surface area contributed by atoms with Crippen LogP contribution in [0.4, 0.5) is 0 Å². The molecule has 2 heteroatoms. The Morgan fingerprint density at radius 3 is 2.07 bits per heavy atom. The Labute approximate surface area is 337 Å². The van der Waals surface area contributed by atoms with Gasteiger partial charge in [-0.15, -0.1) is 0 Å². The molecule has 6 aromatic carbocycles. The molecule has 1 spiro atoms. The number of allylic oxidation sites excluding steroid dienone is 3. The van der Waals surface area contributed by atoms with Gasteiger partial charge in [0.05, 0.1) is 5.71 Å². The first-order chi connectivity index (χ1) is 28.0. The van der Waals surface area contributed by atoms with E-state index in [4.69, 9.17) is 4.99 Å². The van der Waals surface area contributed by atoms with E-state index in [0.29, 0.717) is 0 Å². The number of hydrogen-bond acceptors (Lipinski definition) is 2. The lowest BCUT2D eigenvalue weighted by Gasteiger charge is -2.36. The molecule has 0 amide bonds. The van der Waals surface area contributed by atoms with Crippen LogP contribution in [0.25, 0.3) is 50.2 Å². The average Bonchev–Trinajstić information content (AvgIpc) is 3.67. The maximum absolute atomic E-state index is 5.28. The molecule has 1 unspecified atom stereocenters. The molecule has 0 aromatic heterocycles. The molecule has 1 fully saturated rings. The van der Waals surface area contributed by atoms with Crippen molar-refractivity contribution >= 4 is 11.4 Å². The number of rotatable bonds is 5. The third-order valence-electron chi connectivity index (χ3n) is 13.7. The topological polar surface area (TPSA) is 24.4 Å². The van der Waals surface area contributed by atoms with Crippen LogP contribution in [0.15, 0.2) is 168 Å². The summed E-state index contributed by atoms with van der Waals surface area (Å²) in [5.41, 5.74) is 22.6. The minimum atomic E-state index is -0.118. The summed E-state index contributed by atoms with van der Waals surface area (Å²) >= 11 is 0. The summed E-state index contributed by atoms with van der Waals surface area (Å²) in [4.78, 5) is 5.28. The zero-order valence-corrected chi connectivity index (χ0v) is 33.0. The van der Waals surface area contributed by atoms with Gasteiger partial charge in [0, 0.05) is 22.1 Å². The van der Waals surface area contributed by atoms with Crippen LogP contribution >= 0.6 is 0 Å². The van der Waals surface area contributed by atoms with Crippen molar-refractivity contribution in [2.45, 2.75) is 75.8 Å². The number of aliphatic imine (C=N–C) groups is 1. The van der Waals surface area contributed by atoms with Gasteiger partial charge in [-0.2, -0.15) is 0 Å². The van der Waals surface area contributed by atoms with Crippen LogP contribution in [0, 0.1) is 0 Å². The monoisotopic (exact) mass is 736 g/mol. The Morgan fingerprint density at radius 2 is 1.25 bits per heavy atom. The summed E-state index contributed by atoms with van der Waals surface area (Å²) in [6.45, 7) is 4.83. The lowest BCUT2D eigenvalue weighted by Crippen LogP contribution is -2.32. The minimum Gasteiger partial charge on any atom is -0.360 e. The van der Waals surface area contributed by atoms with Gasteiger partial charge >= 0.3 is 0 Å². The number of hydrogen-bond donors (Lipinski definition) is 1. The van der Waals surface area contributed by atoms with E-state index in [9.17, 15) is 0 Å². The van der Waals surface area contributed by atoms with Gasteiger partial charge in [0.1, 0.15) is 6.17 Å². The lowest BCUT2D eigenvalue weighted by molar-refractivity contribution is 0.353. The van der Waals surface area contributed by atoms with Gasteiger partial charge in [-0.3, -0.25) is 4.99 Å². The van der Waals surface area contributed by atoms with E-state index < -0.39 is 0 Å². The quantitative estimate of drug-likeness (QED) is 0.187. The first kappa shape index (κ1) is 34.3. The van der Waals surface area contributed by atoms with E-state index in [2.05, 4.69) is 177 Å². The summed E-state index contributed by atoms with van der Waals surface area (Å²) in [6.07, 6.45) is 17.4. The molecule has 1 aliphatic heterocycles. The largest absolute Gasteiger partial charge is 0.360 e. The maximum Gasteiger partial charge on any atom is 0.145 e. The van der Waals surface area contributed by atoms with Gasteiger partial charge < -0.3 is 5.32 Å². The first-order valence-electron chi connectivity index (χ1n) is 21.1. The second-order valence-corrected chi connectivity index (χ2v) is 17.3. The fraction of sp³-hybridized carbons (Fsp3) is 0.218. The molecular weight excluding hydrogens is 689 g/mol. The molecule has 0 saturated heterocycles. The Balaban J connectivity index is 0.975. The van der Waals surface area contributed by atoms with Crippen LogP contribution in [-0.4, -0.2) is 11.9 Å². The van der Waals surface area contributed by atoms with Crippen LogP contribution in [0.1, 0.15) is 92.2 Å². The Hall–Kier alpha value is -5.99. The second-order valence-electron chi connectivity index (χ2n) is 17.3. The van der Waals surface area contributed by atoms with Crippen molar-refractivity contribution < 1.29 is 0 Å². The molecule has 57 heavy (non-hydrogen) atoms. The lowest BCUT2D eigenvalue weighted by atomic mass is 9.67. The zero-order valence-electron chi connectivity index (χ0n) is 33.0. The Morgan fingerprint density at radius 1 is 0.544 bits per heavy atom. The van der Waals surface area contributed by atoms with Crippen LogP contribution in [0.3, 0.4) is 0 Å². The smallest absolute Gasteiger partial charge is 0.145 e. The minimum absolute atomic E-state index is 0.0295. The molecule has 1 saturated carbocycles. The number of benzene rings is 6. The molecule has 0 bridgehead atoms. The van der Waals surface area contributed by atoms with Crippen molar-refractivity contribution in [2.24, 2.45) is 4.99 Å². The van der Waals surface area contributed by atoms with Crippen molar-refractivity contribution in [3.8, 4) is 44.5 Å². The predicted octanol–water partition coefficient (Wildman–Crippen LogP) is 13.6. The van der Waals surface area contributed by atoms with E-state index in [-0.39, 0.29) is 17.0 Å². The molecule has 2 nitrogen and oxygen atoms in total. The maximum atomic E-state index is 5.28. The Bertz CT molecular complexity index is 2700. The molecule has 5 aliphatic rings. The summed E-state index contributed by atoms with van der Waals surface area (Å²) in [6, 6.07) is 50.4. The highest BCUT2D eigenvalue weighted by atomic mass is 15.1.